The smallest absolute Gasteiger partial charge is 0.0594 e. The minimum atomic E-state index is 0.659. The summed E-state index contributed by atoms with van der Waals surface area (Å²) in [7, 11) is 0. The van der Waals surface area contributed by atoms with Crippen molar-refractivity contribution >= 4 is 0 Å². The molecule has 2 nitrogen and oxygen atoms in total. The normalized spacial score (nSPS) is 37.6. The van der Waals surface area contributed by atoms with E-state index in [0.717, 1.165) is 32.3 Å². The maximum absolute atomic E-state index is 5.36. The van der Waals surface area contributed by atoms with Gasteiger partial charge in [0.05, 0.1) is 13.2 Å². The van der Waals surface area contributed by atoms with Crippen molar-refractivity contribution in [3.8, 4) is 0 Å². The Kier molecular flexibility index (Phi) is 3.23. The van der Waals surface area contributed by atoms with Gasteiger partial charge in [-0.1, -0.05) is 12.8 Å². The highest BCUT2D eigenvalue weighted by Crippen LogP contribution is 2.28. The van der Waals surface area contributed by atoms with Gasteiger partial charge in [0.25, 0.3) is 0 Å². The van der Waals surface area contributed by atoms with Gasteiger partial charge in [0.1, 0.15) is 0 Å². The molecule has 1 radical (unpaired) electrons. The van der Waals surface area contributed by atoms with Gasteiger partial charge in [0.2, 0.25) is 0 Å². The van der Waals surface area contributed by atoms with E-state index in [2.05, 4.69) is 11.8 Å². The topological polar surface area (TPSA) is 12.5 Å². The number of nitrogens with zero attached hydrogens (tertiary/aromatic N) is 1. The first kappa shape index (κ1) is 9.47. The van der Waals surface area contributed by atoms with Crippen LogP contribution in [0.3, 0.4) is 0 Å². The largest absolute Gasteiger partial charge is 0.379 e. The van der Waals surface area contributed by atoms with Crippen molar-refractivity contribution in [2.24, 2.45) is 5.92 Å². The third-order valence-electron chi connectivity index (χ3n) is 3.38. The third-order valence-corrected chi connectivity index (χ3v) is 3.38. The quantitative estimate of drug-likeness (QED) is 0.612. The van der Waals surface area contributed by atoms with Crippen molar-refractivity contribution in [1.29, 1.82) is 0 Å². The Morgan fingerprint density at radius 2 is 1.77 bits per heavy atom. The lowest BCUT2D eigenvalue weighted by molar-refractivity contribution is -0.00123. The second-order valence-corrected chi connectivity index (χ2v) is 4.26. The Labute approximate surface area is 81.3 Å². The van der Waals surface area contributed by atoms with Gasteiger partial charge >= 0.3 is 0 Å². The Balaban J connectivity index is 1.88. The zero-order chi connectivity index (χ0) is 9.10. The fraction of sp³-hybridized carbons (Fsp3) is 0.909. The first-order valence-corrected chi connectivity index (χ1v) is 5.53. The molecule has 1 heterocycles. The molecule has 1 saturated heterocycles. The summed E-state index contributed by atoms with van der Waals surface area (Å²) in [5.41, 5.74) is 0. The van der Waals surface area contributed by atoms with Crippen LogP contribution in [-0.2, 0) is 4.74 Å². The van der Waals surface area contributed by atoms with Gasteiger partial charge in [0.15, 0.2) is 0 Å². The molecule has 0 aromatic rings. The van der Waals surface area contributed by atoms with Crippen LogP contribution >= 0.6 is 0 Å². The third kappa shape index (κ3) is 2.23. The molecule has 2 fully saturated rings. The maximum Gasteiger partial charge on any atom is 0.0594 e. The highest BCUT2D eigenvalue weighted by atomic mass is 16.5. The first-order valence-electron chi connectivity index (χ1n) is 5.53. The van der Waals surface area contributed by atoms with Crippen LogP contribution in [0, 0.1) is 12.8 Å². The monoisotopic (exact) mass is 182 g/mol. The van der Waals surface area contributed by atoms with Crippen molar-refractivity contribution < 1.29 is 4.74 Å². The molecule has 13 heavy (non-hydrogen) atoms. The molecule has 0 bridgehead atoms. The number of morpholine rings is 1. The van der Waals surface area contributed by atoms with Gasteiger partial charge in [-0.3, -0.25) is 4.90 Å². The van der Waals surface area contributed by atoms with E-state index in [1.165, 1.54) is 25.7 Å². The average Bonchev–Trinajstić information content (AvgIpc) is 2.20. The van der Waals surface area contributed by atoms with Crippen LogP contribution in [0.1, 0.15) is 25.7 Å². The molecule has 0 aromatic carbocycles. The van der Waals surface area contributed by atoms with Crippen molar-refractivity contribution in [1.82, 2.24) is 4.90 Å². The summed E-state index contributed by atoms with van der Waals surface area (Å²) >= 11 is 0. The zero-order valence-corrected chi connectivity index (χ0v) is 8.37. The molecule has 2 atom stereocenters. The Hall–Kier alpha value is -0.0800. The number of hydrogen-bond acceptors (Lipinski definition) is 2. The predicted molar refractivity (Wildman–Crippen MR) is 53.5 cm³/mol. The minimum Gasteiger partial charge on any atom is -0.379 e. The van der Waals surface area contributed by atoms with Crippen LogP contribution < -0.4 is 0 Å². The van der Waals surface area contributed by atoms with Crippen LogP contribution in [0.15, 0.2) is 0 Å². The molecule has 2 aliphatic rings. The lowest BCUT2D eigenvalue weighted by Gasteiger charge is -2.40. The van der Waals surface area contributed by atoms with Crippen molar-refractivity contribution in [3.05, 3.63) is 6.92 Å². The van der Waals surface area contributed by atoms with Crippen LogP contribution in [0.2, 0.25) is 0 Å². The second-order valence-electron chi connectivity index (χ2n) is 4.26. The predicted octanol–water partition coefficient (Wildman–Crippen LogP) is 1.71. The van der Waals surface area contributed by atoms with Crippen LogP contribution in [-0.4, -0.2) is 37.2 Å². The Morgan fingerprint density at radius 3 is 2.46 bits per heavy atom. The summed E-state index contributed by atoms with van der Waals surface area (Å²) < 4.78 is 5.36. The zero-order valence-electron chi connectivity index (χ0n) is 8.37. The van der Waals surface area contributed by atoms with E-state index in [1.807, 2.05) is 0 Å². The molecule has 0 aromatic heterocycles. The molecular weight excluding hydrogens is 162 g/mol. The second kappa shape index (κ2) is 4.43. The fourth-order valence-corrected chi connectivity index (χ4v) is 2.58. The summed E-state index contributed by atoms with van der Waals surface area (Å²) in [4.78, 5) is 2.58. The summed E-state index contributed by atoms with van der Waals surface area (Å²) in [6, 6.07) is 0.748. The van der Waals surface area contributed by atoms with Gasteiger partial charge < -0.3 is 4.74 Å². The van der Waals surface area contributed by atoms with Crippen molar-refractivity contribution in [2.75, 3.05) is 26.3 Å². The molecule has 0 spiro atoms. The Bertz CT molecular complexity index is 154. The molecule has 2 rings (SSSR count). The summed E-state index contributed by atoms with van der Waals surface area (Å²) in [5.74, 6) is 0.659. The van der Waals surface area contributed by atoms with E-state index in [4.69, 9.17) is 4.74 Å². The summed E-state index contributed by atoms with van der Waals surface area (Å²) in [5, 5.41) is 0. The number of hydrogen-bond donors (Lipinski definition) is 0. The molecule has 2 heteroatoms. The molecule has 0 N–H and O–H groups in total. The molecule has 1 aliphatic carbocycles. The van der Waals surface area contributed by atoms with Crippen molar-refractivity contribution in [3.63, 3.8) is 0 Å². The van der Waals surface area contributed by atoms with Crippen LogP contribution in [0.4, 0.5) is 0 Å². The SMILES string of the molecule is [CH2]C1CCCCC1N1CCOCC1. The van der Waals surface area contributed by atoms with Gasteiger partial charge in [-0.05, 0) is 25.7 Å². The molecular formula is C11H20NO. The summed E-state index contributed by atoms with van der Waals surface area (Å²) in [6.07, 6.45) is 5.46. The number of rotatable bonds is 1. The van der Waals surface area contributed by atoms with Crippen LogP contribution in [0.5, 0.6) is 0 Å². The molecule has 1 saturated carbocycles. The minimum absolute atomic E-state index is 0.659. The number of ether oxygens (including phenoxy) is 1. The van der Waals surface area contributed by atoms with Crippen molar-refractivity contribution in [2.45, 2.75) is 31.7 Å². The van der Waals surface area contributed by atoms with Gasteiger partial charge in [0, 0.05) is 19.1 Å². The van der Waals surface area contributed by atoms with Gasteiger partial charge in [-0.25, -0.2) is 0 Å². The van der Waals surface area contributed by atoms with E-state index in [-0.39, 0.29) is 0 Å². The van der Waals surface area contributed by atoms with E-state index >= 15 is 0 Å². The molecule has 0 amide bonds. The molecule has 1 aliphatic heterocycles. The highest BCUT2D eigenvalue weighted by molar-refractivity contribution is 4.85. The van der Waals surface area contributed by atoms with Crippen LogP contribution in [0.25, 0.3) is 0 Å². The summed E-state index contributed by atoms with van der Waals surface area (Å²) in [6.45, 7) is 8.35. The van der Waals surface area contributed by atoms with E-state index in [0.29, 0.717) is 5.92 Å². The van der Waals surface area contributed by atoms with E-state index < -0.39 is 0 Å². The maximum atomic E-state index is 5.36. The van der Waals surface area contributed by atoms with E-state index in [9.17, 15) is 0 Å². The van der Waals surface area contributed by atoms with Gasteiger partial charge in [-0.15, -0.1) is 0 Å². The Morgan fingerprint density at radius 1 is 1.08 bits per heavy atom. The van der Waals surface area contributed by atoms with Gasteiger partial charge in [-0.2, -0.15) is 0 Å². The standard InChI is InChI=1S/C11H20NO/c1-10-4-2-3-5-11(10)12-6-8-13-9-7-12/h10-11H,1-9H2. The first-order chi connectivity index (χ1) is 6.38. The molecule has 75 valence electrons. The molecule has 2 unspecified atom stereocenters. The fourth-order valence-electron chi connectivity index (χ4n) is 2.58. The average molecular weight is 182 g/mol. The van der Waals surface area contributed by atoms with E-state index in [1.54, 1.807) is 0 Å². The lowest BCUT2D eigenvalue weighted by atomic mass is 9.85. The highest BCUT2D eigenvalue weighted by Gasteiger charge is 2.27. The lowest BCUT2D eigenvalue weighted by Crippen LogP contribution is -2.47.